The maximum absolute atomic E-state index is 15.0. The number of amides is 1. The molecule has 1 aliphatic carbocycles. The van der Waals surface area contributed by atoms with Gasteiger partial charge in [0.1, 0.15) is 23.0 Å². The van der Waals surface area contributed by atoms with Crippen molar-refractivity contribution in [3.8, 4) is 11.3 Å². The van der Waals surface area contributed by atoms with Gasteiger partial charge in [0.2, 0.25) is 10.0 Å². The Bertz CT molecular complexity index is 1780. The maximum atomic E-state index is 15.0. The highest BCUT2D eigenvalue weighted by atomic mass is 79.9. The molecule has 208 valence electrons. The molecule has 5 rings (SSSR count). The SMILES string of the molecule is CNC(=O)c1c(-c2ccc(F)cc2)oc2cc(N(c3cc(F)c(Br)c(C(=O)OC)c3)S(C)(=O)=O)c(C3CC3)cc12. The second-order valence-electron chi connectivity index (χ2n) is 9.38. The highest BCUT2D eigenvalue weighted by Crippen LogP contribution is 2.49. The molecular formula is C28H23BrF2N2O6S. The van der Waals surface area contributed by atoms with Crippen molar-refractivity contribution in [2.45, 2.75) is 18.8 Å². The van der Waals surface area contributed by atoms with Crippen LogP contribution in [0, 0.1) is 11.6 Å². The average molecular weight is 633 g/mol. The molecule has 1 heterocycles. The number of rotatable bonds is 7. The molecule has 0 atom stereocenters. The number of ether oxygens (including phenoxy) is 1. The van der Waals surface area contributed by atoms with Crippen LogP contribution >= 0.6 is 15.9 Å². The predicted molar refractivity (Wildman–Crippen MR) is 149 cm³/mol. The lowest BCUT2D eigenvalue weighted by atomic mass is 10.00. The zero-order chi connectivity index (χ0) is 28.9. The first-order valence-corrected chi connectivity index (χ1v) is 14.7. The highest BCUT2D eigenvalue weighted by molar-refractivity contribution is 9.10. The lowest BCUT2D eigenvalue weighted by molar-refractivity contribution is 0.0599. The van der Waals surface area contributed by atoms with E-state index in [1.807, 2.05) is 0 Å². The number of carbonyl (C=O) groups excluding carboxylic acids is 2. The van der Waals surface area contributed by atoms with Gasteiger partial charge in [-0.3, -0.25) is 4.79 Å². The second kappa shape index (κ2) is 10.3. The topological polar surface area (TPSA) is 106 Å². The Labute approximate surface area is 237 Å². The van der Waals surface area contributed by atoms with E-state index in [1.54, 1.807) is 6.07 Å². The van der Waals surface area contributed by atoms with Gasteiger partial charge in [0.25, 0.3) is 5.91 Å². The monoisotopic (exact) mass is 632 g/mol. The minimum atomic E-state index is -4.09. The van der Waals surface area contributed by atoms with Crippen LogP contribution in [0.5, 0.6) is 0 Å². The summed E-state index contributed by atoms with van der Waals surface area (Å²) in [6, 6.07) is 10.9. The Morgan fingerprint density at radius 1 is 1.10 bits per heavy atom. The number of carbonyl (C=O) groups is 2. The van der Waals surface area contributed by atoms with Crippen molar-refractivity contribution < 1.29 is 35.9 Å². The van der Waals surface area contributed by atoms with Crippen LogP contribution in [0.4, 0.5) is 20.2 Å². The van der Waals surface area contributed by atoms with Gasteiger partial charge in [-0.1, -0.05) is 0 Å². The lowest BCUT2D eigenvalue weighted by Gasteiger charge is -2.26. The molecule has 8 nitrogen and oxygen atoms in total. The fourth-order valence-electron chi connectivity index (χ4n) is 4.66. The van der Waals surface area contributed by atoms with Crippen LogP contribution in [0.15, 0.2) is 57.4 Å². The van der Waals surface area contributed by atoms with Gasteiger partial charge in [-0.25, -0.2) is 26.3 Å². The average Bonchev–Trinajstić information content (AvgIpc) is 3.69. The van der Waals surface area contributed by atoms with Gasteiger partial charge in [-0.15, -0.1) is 0 Å². The molecule has 0 saturated heterocycles. The second-order valence-corrected chi connectivity index (χ2v) is 12.0. The van der Waals surface area contributed by atoms with Gasteiger partial charge in [0.05, 0.1) is 40.3 Å². The number of benzene rings is 3. The predicted octanol–water partition coefficient (Wildman–Crippen LogP) is 6.26. The number of nitrogens with zero attached hydrogens (tertiary/aromatic N) is 1. The van der Waals surface area contributed by atoms with Crippen LogP contribution in [-0.4, -0.2) is 40.7 Å². The van der Waals surface area contributed by atoms with Crippen molar-refractivity contribution in [3.05, 3.63) is 81.3 Å². The number of methoxy groups -OCH3 is 1. The summed E-state index contributed by atoms with van der Waals surface area (Å²) in [5.74, 6) is -2.46. The van der Waals surface area contributed by atoms with Gasteiger partial charge >= 0.3 is 5.97 Å². The fraction of sp³-hybridized carbons (Fsp3) is 0.214. The zero-order valence-electron chi connectivity index (χ0n) is 21.5. The highest BCUT2D eigenvalue weighted by Gasteiger charge is 2.34. The molecule has 1 amide bonds. The Hall–Kier alpha value is -3.77. The summed E-state index contributed by atoms with van der Waals surface area (Å²) in [5.41, 5.74) is 1.34. The fourth-order valence-corrected chi connectivity index (χ4v) is 6.06. The van der Waals surface area contributed by atoms with E-state index in [-0.39, 0.29) is 44.2 Å². The molecule has 1 N–H and O–H groups in total. The van der Waals surface area contributed by atoms with Gasteiger partial charge in [-0.05, 0) is 82.7 Å². The molecule has 12 heteroatoms. The van der Waals surface area contributed by atoms with E-state index in [0.717, 1.165) is 36.6 Å². The number of furan rings is 1. The Kier molecular flexibility index (Phi) is 7.17. The Morgan fingerprint density at radius 3 is 2.35 bits per heavy atom. The third-order valence-electron chi connectivity index (χ3n) is 6.62. The summed E-state index contributed by atoms with van der Waals surface area (Å²) >= 11 is 3.03. The summed E-state index contributed by atoms with van der Waals surface area (Å²) in [6.45, 7) is 0. The van der Waals surface area contributed by atoms with Gasteiger partial charge in [0, 0.05) is 24.1 Å². The number of hydrogen-bond donors (Lipinski definition) is 1. The summed E-state index contributed by atoms with van der Waals surface area (Å²) < 4.78 is 66.7. The molecule has 1 aromatic heterocycles. The third-order valence-corrected chi connectivity index (χ3v) is 8.50. The molecule has 0 unspecified atom stereocenters. The number of anilines is 2. The standard InChI is InChI=1S/C28H23BrF2N2O6S/c1-32-27(34)24-19-12-18(14-4-5-14)22(13-23(19)39-26(24)15-6-8-16(30)9-7-15)33(40(3,36)37)17-10-20(28(35)38-2)25(29)21(31)11-17/h6-14H,4-5H2,1-3H3,(H,32,34). The molecular weight excluding hydrogens is 610 g/mol. The first-order chi connectivity index (χ1) is 18.9. The van der Waals surface area contributed by atoms with Crippen molar-refractivity contribution in [3.63, 3.8) is 0 Å². The molecule has 1 saturated carbocycles. The van der Waals surface area contributed by atoms with E-state index in [2.05, 4.69) is 21.2 Å². The Balaban J connectivity index is 1.81. The summed E-state index contributed by atoms with van der Waals surface area (Å²) in [6.07, 6.45) is 2.51. The number of esters is 1. The number of halogens is 3. The quantitative estimate of drug-likeness (QED) is 0.241. The number of fused-ring (bicyclic) bond motifs is 1. The molecule has 3 aromatic carbocycles. The molecule has 4 aromatic rings. The van der Waals surface area contributed by atoms with Crippen LogP contribution in [0.2, 0.25) is 0 Å². The van der Waals surface area contributed by atoms with E-state index < -0.39 is 33.5 Å². The first-order valence-electron chi connectivity index (χ1n) is 12.1. The number of hydrogen-bond acceptors (Lipinski definition) is 6. The van der Waals surface area contributed by atoms with Crippen molar-refractivity contribution in [2.24, 2.45) is 0 Å². The zero-order valence-corrected chi connectivity index (χ0v) is 24.0. The van der Waals surface area contributed by atoms with Gasteiger partial charge in [-0.2, -0.15) is 0 Å². The summed E-state index contributed by atoms with van der Waals surface area (Å²) in [5, 5.41) is 3.04. The smallest absolute Gasteiger partial charge is 0.339 e. The van der Waals surface area contributed by atoms with Crippen molar-refractivity contribution in [2.75, 3.05) is 24.7 Å². The largest absolute Gasteiger partial charge is 0.465 e. The van der Waals surface area contributed by atoms with E-state index in [9.17, 15) is 26.8 Å². The maximum Gasteiger partial charge on any atom is 0.339 e. The minimum absolute atomic E-state index is 0.0225. The minimum Gasteiger partial charge on any atom is -0.465 e. The summed E-state index contributed by atoms with van der Waals surface area (Å²) in [7, 11) is -1.49. The Morgan fingerprint density at radius 2 is 1.77 bits per heavy atom. The van der Waals surface area contributed by atoms with Crippen LogP contribution in [0.1, 0.15) is 45.0 Å². The van der Waals surface area contributed by atoms with E-state index in [1.165, 1.54) is 43.4 Å². The molecule has 40 heavy (non-hydrogen) atoms. The molecule has 1 aliphatic rings. The third kappa shape index (κ3) is 4.97. The normalized spacial score (nSPS) is 13.3. The van der Waals surface area contributed by atoms with Crippen molar-refractivity contribution >= 4 is 60.2 Å². The van der Waals surface area contributed by atoms with E-state index in [4.69, 9.17) is 9.15 Å². The molecule has 0 bridgehead atoms. The van der Waals surface area contributed by atoms with Crippen LogP contribution in [-0.2, 0) is 14.8 Å². The van der Waals surface area contributed by atoms with Crippen LogP contribution in [0.25, 0.3) is 22.3 Å². The molecule has 1 fully saturated rings. The lowest BCUT2D eigenvalue weighted by Crippen LogP contribution is -2.26. The van der Waals surface area contributed by atoms with Crippen LogP contribution < -0.4 is 9.62 Å². The molecule has 0 aliphatic heterocycles. The van der Waals surface area contributed by atoms with Gasteiger partial charge in [0.15, 0.2) is 0 Å². The number of sulfonamides is 1. The van der Waals surface area contributed by atoms with Crippen molar-refractivity contribution in [1.82, 2.24) is 5.32 Å². The molecule has 0 radical (unpaired) electrons. The van der Waals surface area contributed by atoms with Crippen molar-refractivity contribution in [1.29, 1.82) is 0 Å². The number of nitrogens with one attached hydrogen (secondary N) is 1. The van der Waals surface area contributed by atoms with E-state index in [0.29, 0.717) is 16.5 Å². The van der Waals surface area contributed by atoms with E-state index >= 15 is 0 Å². The summed E-state index contributed by atoms with van der Waals surface area (Å²) in [4.78, 5) is 25.3. The van der Waals surface area contributed by atoms with Crippen LogP contribution in [0.3, 0.4) is 0 Å². The first kappa shape index (κ1) is 27.8. The molecule has 0 spiro atoms. The van der Waals surface area contributed by atoms with Gasteiger partial charge < -0.3 is 14.5 Å².